The van der Waals surface area contributed by atoms with Crippen molar-refractivity contribution in [2.75, 3.05) is 12.3 Å². The lowest BCUT2D eigenvalue weighted by molar-refractivity contribution is 0.533. The summed E-state index contributed by atoms with van der Waals surface area (Å²) < 4.78 is 25.0. The Morgan fingerprint density at radius 3 is 2.76 bits per heavy atom. The fourth-order valence-electron chi connectivity index (χ4n) is 1.56. The molecule has 2 atom stereocenters. The van der Waals surface area contributed by atoms with Crippen molar-refractivity contribution in [3.05, 3.63) is 30.1 Å². The van der Waals surface area contributed by atoms with Gasteiger partial charge in [-0.1, -0.05) is 19.9 Å². The highest BCUT2D eigenvalue weighted by molar-refractivity contribution is 7.85. The van der Waals surface area contributed by atoms with Gasteiger partial charge in [0.25, 0.3) is 0 Å². The highest BCUT2D eigenvalue weighted by Gasteiger charge is 2.12. The Kier molecular flexibility index (Phi) is 6.37. The lowest BCUT2D eigenvalue weighted by Crippen LogP contribution is -2.34. The van der Waals surface area contributed by atoms with Crippen LogP contribution in [0.3, 0.4) is 0 Å². The summed E-state index contributed by atoms with van der Waals surface area (Å²) in [6.45, 7) is 5.10. The summed E-state index contributed by atoms with van der Waals surface area (Å²) in [6, 6.07) is 6.27. The zero-order valence-electron chi connectivity index (χ0n) is 10.4. The predicted molar refractivity (Wildman–Crippen MR) is 70.0 cm³/mol. The molecule has 0 radical (unpaired) electrons. The molecule has 17 heavy (non-hydrogen) atoms. The van der Waals surface area contributed by atoms with E-state index in [-0.39, 0.29) is 11.9 Å². The molecule has 0 fully saturated rings. The van der Waals surface area contributed by atoms with Crippen LogP contribution in [-0.2, 0) is 10.8 Å². The molecule has 1 aromatic carbocycles. The van der Waals surface area contributed by atoms with Gasteiger partial charge in [0, 0.05) is 16.7 Å². The zero-order valence-corrected chi connectivity index (χ0v) is 11.2. The van der Waals surface area contributed by atoms with Crippen LogP contribution in [0, 0.1) is 5.82 Å². The number of hydrogen-bond acceptors (Lipinski definition) is 2. The van der Waals surface area contributed by atoms with Gasteiger partial charge < -0.3 is 5.32 Å². The molecule has 0 amide bonds. The third kappa shape index (κ3) is 4.96. The first-order chi connectivity index (χ1) is 8.17. The highest BCUT2D eigenvalue weighted by atomic mass is 32.2. The molecule has 0 saturated carbocycles. The van der Waals surface area contributed by atoms with Crippen LogP contribution >= 0.6 is 0 Å². The van der Waals surface area contributed by atoms with Gasteiger partial charge in [-0.2, -0.15) is 0 Å². The van der Waals surface area contributed by atoms with Crippen LogP contribution in [0.25, 0.3) is 0 Å². The van der Waals surface area contributed by atoms with Crippen molar-refractivity contribution in [3.8, 4) is 0 Å². The highest BCUT2D eigenvalue weighted by Crippen LogP contribution is 2.10. The molecule has 2 unspecified atom stereocenters. The van der Waals surface area contributed by atoms with Crippen LogP contribution in [0.1, 0.15) is 26.7 Å². The second-order valence-electron chi connectivity index (χ2n) is 4.03. The Labute approximate surface area is 105 Å². The number of nitrogens with one attached hydrogen (secondary N) is 1. The van der Waals surface area contributed by atoms with Crippen LogP contribution in [0.4, 0.5) is 4.39 Å². The predicted octanol–water partition coefficient (Wildman–Crippen LogP) is 2.71. The van der Waals surface area contributed by atoms with E-state index in [1.165, 1.54) is 12.1 Å². The molecule has 1 aromatic rings. The quantitative estimate of drug-likeness (QED) is 0.813. The summed E-state index contributed by atoms with van der Waals surface area (Å²) in [6.07, 6.45) is 1.99. The van der Waals surface area contributed by atoms with E-state index in [2.05, 4.69) is 19.2 Å². The molecular formula is C13H20FNOS. The number of hydrogen-bond donors (Lipinski definition) is 1. The molecule has 0 saturated heterocycles. The molecule has 0 aromatic heterocycles. The summed E-state index contributed by atoms with van der Waals surface area (Å²) in [5.41, 5.74) is 0. The molecule has 1 rings (SSSR count). The van der Waals surface area contributed by atoms with Crippen LogP contribution in [-0.4, -0.2) is 22.5 Å². The standard InChI is InChI=1S/C13H20FNOS/c1-3-8-15-12(4-2)10-17(16)13-7-5-6-11(14)9-13/h5-7,9,12,15H,3-4,8,10H2,1-2H3. The first kappa shape index (κ1) is 14.3. The van der Waals surface area contributed by atoms with Gasteiger partial charge in [-0.05, 0) is 37.6 Å². The topological polar surface area (TPSA) is 29.1 Å². The van der Waals surface area contributed by atoms with Crippen molar-refractivity contribution in [3.63, 3.8) is 0 Å². The first-order valence-corrected chi connectivity index (χ1v) is 7.36. The van der Waals surface area contributed by atoms with Gasteiger partial charge in [-0.15, -0.1) is 0 Å². The fourth-order valence-corrected chi connectivity index (χ4v) is 2.94. The van der Waals surface area contributed by atoms with Gasteiger partial charge >= 0.3 is 0 Å². The van der Waals surface area contributed by atoms with Crippen LogP contribution < -0.4 is 5.32 Å². The molecule has 4 heteroatoms. The molecule has 1 N–H and O–H groups in total. The minimum Gasteiger partial charge on any atom is -0.313 e. The normalized spacial score (nSPS) is 14.5. The lowest BCUT2D eigenvalue weighted by Gasteiger charge is -2.15. The molecule has 0 aliphatic carbocycles. The third-order valence-electron chi connectivity index (χ3n) is 2.59. The van der Waals surface area contributed by atoms with E-state index in [0.29, 0.717) is 10.6 Å². The SMILES string of the molecule is CCCNC(CC)CS(=O)c1cccc(F)c1. The molecular weight excluding hydrogens is 237 g/mol. The molecule has 0 bridgehead atoms. The molecule has 0 spiro atoms. The Bertz CT molecular complexity index is 370. The molecule has 96 valence electrons. The number of halogens is 1. The maximum absolute atomic E-state index is 13.0. The Hall–Kier alpha value is -0.740. The molecule has 0 aliphatic rings. The van der Waals surface area contributed by atoms with Gasteiger partial charge in [0.1, 0.15) is 5.82 Å². The van der Waals surface area contributed by atoms with Crippen molar-refractivity contribution in [1.82, 2.24) is 5.32 Å². The van der Waals surface area contributed by atoms with Crippen LogP contribution in [0.5, 0.6) is 0 Å². The monoisotopic (exact) mass is 257 g/mol. The van der Waals surface area contributed by atoms with Gasteiger partial charge in [-0.25, -0.2) is 4.39 Å². The van der Waals surface area contributed by atoms with E-state index >= 15 is 0 Å². The molecule has 0 heterocycles. The molecule has 0 aliphatic heterocycles. The second kappa shape index (κ2) is 7.56. The number of benzene rings is 1. The van der Waals surface area contributed by atoms with Crippen LogP contribution in [0.2, 0.25) is 0 Å². The smallest absolute Gasteiger partial charge is 0.124 e. The average Bonchev–Trinajstić information content (AvgIpc) is 2.34. The molecule has 2 nitrogen and oxygen atoms in total. The average molecular weight is 257 g/mol. The van der Waals surface area contributed by atoms with E-state index in [1.807, 2.05) is 0 Å². The van der Waals surface area contributed by atoms with Crippen molar-refractivity contribution >= 4 is 10.8 Å². The van der Waals surface area contributed by atoms with E-state index in [0.717, 1.165) is 19.4 Å². The fraction of sp³-hybridized carbons (Fsp3) is 0.538. The summed E-state index contributed by atoms with van der Waals surface area (Å²) in [4.78, 5) is 0.571. The second-order valence-corrected chi connectivity index (χ2v) is 5.52. The maximum atomic E-state index is 13.0. The summed E-state index contributed by atoms with van der Waals surface area (Å²) in [7, 11) is -1.13. The van der Waals surface area contributed by atoms with Gasteiger partial charge in [0.05, 0.1) is 10.8 Å². The van der Waals surface area contributed by atoms with E-state index < -0.39 is 10.8 Å². The third-order valence-corrected chi connectivity index (χ3v) is 4.07. The van der Waals surface area contributed by atoms with Gasteiger partial charge in [0.15, 0.2) is 0 Å². The first-order valence-electron chi connectivity index (χ1n) is 6.04. The lowest BCUT2D eigenvalue weighted by atomic mass is 10.2. The van der Waals surface area contributed by atoms with Crippen molar-refractivity contribution < 1.29 is 8.60 Å². The van der Waals surface area contributed by atoms with Gasteiger partial charge in [0.2, 0.25) is 0 Å². The summed E-state index contributed by atoms with van der Waals surface area (Å²) in [5, 5.41) is 3.35. The largest absolute Gasteiger partial charge is 0.313 e. The van der Waals surface area contributed by atoms with E-state index in [1.54, 1.807) is 12.1 Å². The van der Waals surface area contributed by atoms with Crippen molar-refractivity contribution in [2.24, 2.45) is 0 Å². The Morgan fingerprint density at radius 2 is 2.18 bits per heavy atom. The minimum absolute atomic E-state index is 0.235. The minimum atomic E-state index is -1.13. The van der Waals surface area contributed by atoms with Crippen molar-refractivity contribution in [2.45, 2.75) is 37.6 Å². The number of rotatable bonds is 7. The Morgan fingerprint density at radius 1 is 1.41 bits per heavy atom. The van der Waals surface area contributed by atoms with E-state index in [9.17, 15) is 8.60 Å². The van der Waals surface area contributed by atoms with E-state index in [4.69, 9.17) is 0 Å². The maximum Gasteiger partial charge on any atom is 0.124 e. The van der Waals surface area contributed by atoms with Gasteiger partial charge in [-0.3, -0.25) is 4.21 Å². The Balaban J connectivity index is 2.58. The zero-order chi connectivity index (χ0) is 12.7. The summed E-state index contributed by atoms with van der Waals surface area (Å²) in [5.74, 6) is 0.213. The van der Waals surface area contributed by atoms with Crippen LogP contribution in [0.15, 0.2) is 29.2 Å². The summed E-state index contributed by atoms with van der Waals surface area (Å²) >= 11 is 0. The van der Waals surface area contributed by atoms with Crippen molar-refractivity contribution in [1.29, 1.82) is 0 Å².